The van der Waals surface area contributed by atoms with Gasteiger partial charge in [-0.3, -0.25) is 10.3 Å². The van der Waals surface area contributed by atoms with Crippen molar-refractivity contribution in [1.29, 1.82) is 5.41 Å². The fraction of sp³-hybridized carbons (Fsp3) is 0.600. The van der Waals surface area contributed by atoms with E-state index in [9.17, 15) is 0 Å². The normalized spacial score (nSPS) is 23.4. The van der Waals surface area contributed by atoms with Crippen LogP contribution in [0.4, 0.5) is 5.82 Å². The SMILES string of the molecule is Cc1ccnc(N2CCN3CCCCC3C2)c1C(=N)N. The van der Waals surface area contributed by atoms with Crippen molar-refractivity contribution in [2.75, 3.05) is 31.1 Å². The lowest BCUT2D eigenvalue weighted by Crippen LogP contribution is -2.55. The standard InChI is InChI=1S/C15H23N5/c1-11-5-6-18-15(13(11)14(16)17)20-9-8-19-7-3-2-4-12(19)10-20/h5-6,12H,2-4,7-10H2,1H3,(H3,16,17). The van der Waals surface area contributed by atoms with E-state index < -0.39 is 0 Å². The van der Waals surface area contributed by atoms with Crippen LogP contribution in [0.2, 0.25) is 0 Å². The molecule has 0 saturated carbocycles. The topological polar surface area (TPSA) is 69.2 Å². The molecule has 1 aromatic rings. The summed E-state index contributed by atoms with van der Waals surface area (Å²) in [5.74, 6) is 1.01. The zero-order chi connectivity index (χ0) is 14.1. The van der Waals surface area contributed by atoms with E-state index in [1.807, 2.05) is 19.2 Å². The number of nitrogens with one attached hydrogen (secondary N) is 1. The Balaban J connectivity index is 1.86. The minimum Gasteiger partial charge on any atom is -0.384 e. The van der Waals surface area contributed by atoms with Crippen molar-refractivity contribution in [1.82, 2.24) is 9.88 Å². The lowest BCUT2D eigenvalue weighted by Gasteiger charge is -2.44. The summed E-state index contributed by atoms with van der Waals surface area (Å²) in [6.07, 6.45) is 5.76. The number of amidine groups is 1. The molecule has 5 nitrogen and oxygen atoms in total. The van der Waals surface area contributed by atoms with Crippen molar-refractivity contribution >= 4 is 11.7 Å². The van der Waals surface area contributed by atoms with Gasteiger partial charge in [0, 0.05) is 31.9 Å². The number of aryl methyl sites for hydroxylation is 1. The Morgan fingerprint density at radius 3 is 3.00 bits per heavy atom. The van der Waals surface area contributed by atoms with Crippen LogP contribution in [0.3, 0.4) is 0 Å². The fourth-order valence-corrected chi connectivity index (χ4v) is 3.46. The molecule has 2 aliphatic heterocycles. The van der Waals surface area contributed by atoms with Crippen molar-refractivity contribution in [3.8, 4) is 0 Å². The fourth-order valence-electron chi connectivity index (χ4n) is 3.46. The van der Waals surface area contributed by atoms with Crippen LogP contribution in [0, 0.1) is 12.3 Å². The van der Waals surface area contributed by atoms with Gasteiger partial charge in [0.1, 0.15) is 11.7 Å². The Bertz CT molecular complexity index is 513. The Labute approximate surface area is 120 Å². The Hall–Kier alpha value is -1.62. The third-order valence-corrected chi connectivity index (χ3v) is 4.55. The highest BCUT2D eigenvalue weighted by molar-refractivity contribution is 6.01. The number of fused-ring (bicyclic) bond motifs is 1. The minimum atomic E-state index is 0.122. The second-order valence-electron chi connectivity index (χ2n) is 5.87. The summed E-state index contributed by atoms with van der Waals surface area (Å²) >= 11 is 0. The maximum atomic E-state index is 7.82. The van der Waals surface area contributed by atoms with Crippen molar-refractivity contribution < 1.29 is 0 Å². The van der Waals surface area contributed by atoms with E-state index in [2.05, 4.69) is 14.8 Å². The molecule has 0 aliphatic carbocycles. The molecular weight excluding hydrogens is 250 g/mol. The molecule has 0 spiro atoms. The summed E-state index contributed by atoms with van der Waals surface area (Å²) in [7, 11) is 0. The first-order chi connectivity index (χ1) is 9.66. The van der Waals surface area contributed by atoms with Crippen molar-refractivity contribution in [3.05, 3.63) is 23.4 Å². The predicted octanol–water partition coefficient (Wildman–Crippen LogP) is 1.35. The zero-order valence-corrected chi connectivity index (χ0v) is 12.1. The Kier molecular flexibility index (Phi) is 3.61. The molecule has 0 amide bonds. The largest absolute Gasteiger partial charge is 0.384 e. The summed E-state index contributed by atoms with van der Waals surface area (Å²) in [6, 6.07) is 2.57. The van der Waals surface area contributed by atoms with Gasteiger partial charge < -0.3 is 10.6 Å². The molecule has 1 unspecified atom stereocenters. The molecular formula is C15H23N5. The Morgan fingerprint density at radius 2 is 2.20 bits per heavy atom. The van der Waals surface area contributed by atoms with E-state index >= 15 is 0 Å². The van der Waals surface area contributed by atoms with E-state index in [-0.39, 0.29) is 5.84 Å². The van der Waals surface area contributed by atoms with Gasteiger partial charge >= 0.3 is 0 Å². The van der Waals surface area contributed by atoms with E-state index in [1.165, 1.54) is 25.8 Å². The summed E-state index contributed by atoms with van der Waals surface area (Å²) < 4.78 is 0. The lowest BCUT2D eigenvalue weighted by molar-refractivity contribution is 0.133. The number of anilines is 1. The summed E-state index contributed by atoms with van der Waals surface area (Å²) in [6.45, 7) is 6.32. The highest BCUT2D eigenvalue weighted by atomic mass is 15.3. The molecule has 2 aliphatic rings. The number of rotatable bonds is 2. The minimum absolute atomic E-state index is 0.122. The number of hydrogen-bond donors (Lipinski definition) is 2. The second kappa shape index (κ2) is 5.40. The lowest BCUT2D eigenvalue weighted by atomic mass is 9.99. The number of piperazine rings is 1. The highest BCUT2D eigenvalue weighted by Gasteiger charge is 2.30. The number of hydrogen-bond acceptors (Lipinski definition) is 4. The molecule has 1 atom stereocenters. The number of nitrogen functional groups attached to an aromatic ring is 1. The zero-order valence-electron chi connectivity index (χ0n) is 12.1. The average Bonchev–Trinajstić information content (AvgIpc) is 2.46. The van der Waals surface area contributed by atoms with Gasteiger partial charge in [0.25, 0.3) is 0 Å². The molecule has 2 saturated heterocycles. The smallest absolute Gasteiger partial charge is 0.139 e. The maximum Gasteiger partial charge on any atom is 0.139 e. The molecule has 3 heterocycles. The number of nitrogens with two attached hydrogens (primary N) is 1. The quantitative estimate of drug-likeness (QED) is 0.630. The van der Waals surface area contributed by atoms with Crippen LogP contribution < -0.4 is 10.6 Å². The predicted molar refractivity (Wildman–Crippen MR) is 81.4 cm³/mol. The second-order valence-corrected chi connectivity index (χ2v) is 5.87. The van der Waals surface area contributed by atoms with Gasteiger partial charge in [0.05, 0.1) is 5.56 Å². The van der Waals surface area contributed by atoms with Crippen LogP contribution >= 0.6 is 0 Å². The summed E-state index contributed by atoms with van der Waals surface area (Å²) in [4.78, 5) is 9.42. The molecule has 108 valence electrons. The van der Waals surface area contributed by atoms with Gasteiger partial charge in [-0.05, 0) is 37.9 Å². The number of aromatic nitrogens is 1. The number of nitrogens with zero attached hydrogens (tertiary/aromatic N) is 3. The number of piperidine rings is 1. The third-order valence-electron chi connectivity index (χ3n) is 4.55. The maximum absolute atomic E-state index is 7.82. The highest BCUT2D eigenvalue weighted by Crippen LogP contribution is 2.26. The van der Waals surface area contributed by atoms with Crippen molar-refractivity contribution in [2.24, 2.45) is 5.73 Å². The third kappa shape index (κ3) is 2.38. The van der Waals surface area contributed by atoms with E-state index in [0.717, 1.165) is 36.6 Å². The molecule has 20 heavy (non-hydrogen) atoms. The van der Waals surface area contributed by atoms with Crippen molar-refractivity contribution in [3.63, 3.8) is 0 Å². The Morgan fingerprint density at radius 1 is 1.35 bits per heavy atom. The van der Waals surface area contributed by atoms with Crippen LogP contribution in [0.15, 0.2) is 12.3 Å². The first-order valence-corrected chi connectivity index (χ1v) is 7.46. The van der Waals surface area contributed by atoms with Crippen LogP contribution in [0.5, 0.6) is 0 Å². The van der Waals surface area contributed by atoms with Gasteiger partial charge in [-0.2, -0.15) is 0 Å². The molecule has 1 aromatic heterocycles. The van der Waals surface area contributed by atoms with E-state index in [0.29, 0.717) is 6.04 Å². The van der Waals surface area contributed by atoms with Crippen LogP contribution in [0.25, 0.3) is 0 Å². The monoisotopic (exact) mass is 273 g/mol. The van der Waals surface area contributed by atoms with Gasteiger partial charge in [-0.25, -0.2) is 4.98 Å². The van der Waals surface area contributed by atoms with E-state index in [1.54, 1.807) is 0 Å². The van der Waals surface area contributed by atoms with Crippen molar-refractivity contribution in [2.45, 2.75) is 32.2 Å². The molecule has 5 heteroatoms. The van der Waals surface area contributed by atoms with Crippen LogP contribution in [-0.2, 0) is 0 Å². The van der Waals surface area contributed by atoms with E-state index in [4.69, 9.17) is 11.1 Å². The first-order valence-electron chi connectivity index (χ1n) is 7.46. The van der Waals surface area contributed by atoms with Gasteiger partial charge in [0.15, 0.2) is 0 Å². The van der Waals surface area contributed by atoms with Gasteiger partial charge in [-0.1, -0.05) is 6.42 Å². The molecule has 0 aromatic carbocycles. The molecule has 3 N–H and O–H groups in total. The summed E-state index contributed by atoms with van der Waals surface area (Å²) in [5.41, 5.74) is 7.60. The molecule has 3 rings (SSSR count). The van der Waals surface area contributed by atoms with Crippen LogP contribution in [-0.4, -0.2) is 47.9 Å². The van der Waals surface area contributed by atoms with Crippen LogP contribution in [0.1, 0.15) is 30.4 Å². The molecule has 0 radical (unpaired) electrons. The van der Waals surface area contributed by atoms with Gasteiger partial charge in [0.2, 0.25) is 0 Å². The first kappa shape index (κ1) is 13.4. The number of pyridine rings is 1. The molecule has 2 fully saturated rings. The average molecular weight is 273 g/mol. The van der Waals surface area contributed by atoms with Gasteiger partial charge in [-0.15, -0.1) is 0 Å². The summed E-state index contributed by atoms with van der Waals surface area (Å²) in [5, 5.41) is 7.82. The molecule has 0 bridgehead atoms.